The van der Waals surface area contributed by atoms with Gasteiger partial charge in [0.05, 0.1) is 16.9 Å². The van der Waals surface area contributed by atoms with Crippen molar-refractivity contribution in [3.8, 4) is 0 Å². The number of carboxylic acids is 1. The molecule has 1 unspecified atom stereocenters. The number of hydrogen-bond acceptors (Lipinski definition) is 4. The number of aryl methyl sites for hydroxylation is 1. The summed E-state index contributed by atoms with van der Waals surface area (Å²) in [5.41, 5.74) is -0.105. The summed E-state index contributed by atoms with van der Waals surface area (Å²) in [5.74, 6) is -1.61. The maximum Gasteiger partial charge on any atom is 0.305 e. The van der Waals surface area contributed by atoms with Crippen LogP contribution < -0.4 is 10.0 Å². The molecule has 0 heterocycles. The van der Waals surface area contributed by atoms with Crippen LogP contribution in [0.15, 0.2) is 23.1 Å². The van der Waals surface area contributed by atoms with E-state index in [0.29, 0.717) is 5.56 Å². The number of benzene rings is 1. The number of carbonyl (C=O) groups is 2. The third-order valence-electron chi connectivity index (χ3n) is 4.85. The molecule has 0 spiro atoms. The molecule has 0 aromatic heterocycles. The Labute approximate surface area is 154 Å². The molecule has 1 aromatic rings. The van der Waals surface area contributed by atoms with Crippen LogP contribution in [0.4, 0.5) is 0 Å². The molecule has 8 heteroatoms. The summed E-state index contributed by atoms with van der Waals surface area (Å²) in [6.07, 6.45) is 1.41. The normalized spacial score (nSPS) is 17.0. The molecular formula is C18H26N2O5S. The Hall–Kier alpha value is -1.93. The Balaban J connectivity index is 2.30. The summed E-state index contributed by atoms with van der Waals surface area (Å²) in [4.78, 5) is 24.0. The van der Waals surface area contributed by atoms with Crippen LogP contribution in [0.2, 0.25) is 0 Å². The number of carboxylic acid groups (broad SMARTS) is 1. The molecule has 0 radical (unpaired) electrons. The number of amides is 1. The molecule has 26 heavy (non-hydrogen) atoms. The highest BCUT2D eigenvalue weighted by atomic mass is 32.2. The highest BCUT2D eigenvalue weighted by Crippen LogP contribution is 2.25. The Bertz CT molecular complexity index is 815. The number of hydrogen-bond donors (Lipinski definition) is 3. The van der Waals surface area contributed by atoms with E-state index in [9.17, 15) is 18.0 Å². The van der Waals surface area contributed by atoms with Gasteiger partial charge in [0.2, 0.25) is 10.0 Å². The van der Waals surface area contributed by atoms with Gasteiger partial charge in [0.1, 0.15) is 0 Å². The quantitative estimate of drug-likeness (QED) is 0.637. The number of rotatable bonds is 8. The van der Waals surface area contributed by atoms with E-state index in [2.05, 4.69) is 10.0 Å². The molecule has 2 rings (SSSR count). The maximum absolute atomic E-state index is 12.8. The highest BCUT2D eigenvalue weighted by Gasteiger charge is 2.34. The Morgan fingerprint density at radius 1 is 1.31 bits per heavy atom. The summed E-state index contributed by atoms with van der Waals surface area (Å²) in [5, 5.41) is 11.9. The molecule has 7 nitrogen and oxygen atoms in total. The standard InChI is InChI=1S/C18H26N2O5S/c1-11(2)18(4,10-16(21)22)19-17(23)15-9-14(8-5-12(15)3)26(24,25)20-13-6-7-13/h5,8-9,11,13,20H,6-7,10H2,1-4H3,(H,19,23)(H,21,22). The largest absolute Gasteiger partial charge is 0.481 e. The summed E-state index contributed by atoms with van der Waals surface area (Å²) < 4.78 is 27.4. The third kappa shape index (κ3) is 4.82. The van der Waals surface area contributed by atoms with E-state index in [1.807, 2.05) is 13.8 Å². The van der Waals surface area contributed by atoms with Gasteiger partial charge in [-0.05, 0) is 50.3 Å². The van der Waals surface area contributed by atoms with Gasteiger partial charge in [-0.1, -0.05) is 19.9 Å². The molecule has 1 atom stereocenters. The minimum Gasteiger partial charge on any atom is -0.481 e. The minimum absolute atomic E-state index is 0.0293. The van der Waals surface area contributed by atoms with Crippen LogP contribution >= 0.6 is 0 Å². The average Bonchev–Trinajstić information content (AvgIpc) is 3.29. The number of nitrogens with one attached hydrogen (secondary N) is 2. The molecule has 1 aliphatic carbocycles. The molecule has 1 amide bonds. The average molecular weight is 382 g/mol. The van der Waals surface area contributed by atoms with Crippen molar-refractivity contribution in [3.63, 3.8) is 0 Å². The van der Waals surface area contributed by atoms with Crippen molar-refractivity contribution in [1.29, 1.82) is 0 Å². The predicted octanol–water partition coefficient (Wildman–Crippen LogP) is 2.05. The lowest BCUT2D eigenvalue weighted by Gasteiger charge is -2.33. The van der Waals surface area contributed by atoms with E-state index in [0.717, 1.165) is 12.8 Å². The second kappa shape index (κ2) is 7.36. The Morgan fingerprint density at radius 2 is 1.92 bits per heavy atom. The van der Waals surface area contributed by atoms with Crippen LogP contribution in [0.1, 0.15) is 56.0 Å². The molecule has 0 aliphatic heterocycles. The van der Waals surface area contributed by atoms with Crippen LogP contribution in [0.5, 0.6) is 0 Å². The molecule has 144 valence electrons. The first-order valence-corrected chi connectivity index (χ1v) is 10.1. The van der Waals surface area contributed by atoms with Crippen molar-refractivity contribution in [1.82, 2.24) is 10.0 Å². The van der Waals surface area contributed by atoms with Gasteiger partial charge >= 0.3 is 5.97 Å². The van der Waals surface area contributed by atoms with Gasteiger partial charge in [-0.15, -0.1) is 0 Å². The van der Waals surface area contributed by atoms with Crippen molar-refractivity contribution in [2.75, 3.05) is 0 Å². The van der Waals surface area contributed by atoms with Crippen molar-refractivity contribution < 1.29 is 23.1 Å². The van der Waals surface area contributed by atoms with Gasteiger partial charge in [0.25, 0.3) is 5.91 Å². The van der Waals surface area contributed by atoms with Crippen molar-refractivity contribution in [3.05, 3.63) is 29.3 Å². The fourth-order valence-corrected chi connectivity index (χ4v) is 3.87. The van der Waals surface area contributed by atoms with E-state index in [1.165, 1.54) is 12.1 Å². The molecule has 1 aromatic carbocycles. The van der Waals surface area contributed by atoms with Crippen LogP contribution in [0, 0.1) is 12.8 Å². The zero-order valence-corrected chi connectivity index (χ0v) is 16.3. The van der Waals surface area contributed by atoms with Gasteiger partial charge < -0.3 is 10.4 Å². The van der Waals surface area contributed by atoms with Gasteiger partial charge in [0, 0.05) is 11.6 Å². The zero-order valence-electron chi connectivity index (χ0n) is 15.5. The van der Waals surface area contributed by atoms with E-state index in [1.54, 1.807) is 19.9 Å². The first kappa shape index (κ1) is 20.4. The number of sulfonamides is 1. The third-order valence-corrected chi connectivity index (χ3v) is 6.37. The Morgan fingerprint density at radius 3 is 2.42 bits per heavy atom. The number of carbonyl (C=O) groups excluding carboxylic acids is 1. The van der Waals surface area contributed by atoms with Crippen LogP contribution in [-0.2, 0) is 14.8 Å². The van der Waals surface area contributed by atoms with Crippen LogP contribution in [0.25, 0.3) is 0 Å². The van der Waals surface area contributed by atoms with Crippen LogP contribution in [-0.4, -0.2) is 37.0 Å². The van der Waals surface area contributed by atoms with Gasteiger partial charge in [-0.3, -0.25) is 9.59 Å². The molecule has 3 N–H and O–H groups in total. The van der Waals surface area contributed by atoms with E-state index in [-0.39, 0.29) is 28.8 Å². The van der Waals surface area contributed by atoms with Gasteiger partial charge in [-0.25, -0.2) is 13.1 Å². The molecule has 0 saturated heterocycles. The molecular weight excluding hydrogens is 356 g/mol. The van der Waals surface area contributed by atoms with E-state index < -0.39 is 27.4 Å². The van der Waals surface area contributed by atoms with Crippen molar-refractivity contribution in [2.45, 2.75) is 63.4 Å². The second-order valence-corrected chi connectivity index (χ2v) is 9.18. The lowest BCUT2D eigenvalue weighted by atomic mass is 9.85. The molecule has 0 bridgehead atoms. The van der Waals surface area contributed by atoms with Gasteiger partial charge in [-0.2, -0.15) is 0 Å². The highest BCUT2D eigenvalue weighted by molar-refractivity contribution is 7.89. The first-order chi connectivity index (χ1) is 11.9. The monoisotopic (exact) mass is 382 g/mol. The van der Waals surface area contributed by atoms with E-state index >= 15 is 0 Å². The number of aliphatic carboxylic acids is 1. The maximum atomic E-state index is 12.8. The fraction of sp³-hybridized carbons (Fsp3) is 0.556. The predicted molar refractivity (Wildman–Crippen MR) is 97.5 cm³/mol. The summed E-state index contributed by atoms with van der Waals surface area (Å²) in [7, 11) is -3.67. The van der Waals surface area contributed by atoms with Gasteiger partial charge in [0.15, 0.2) is 0 Å². The SMILES string of the molecule is Cc1ccc(S(=O)(=O)NC2CC2)cc1C(=O)NC(C)(CC(=O)O)C(C)C. The second-order valence-electron chi connectivity index (χ2n) is 7.47. The molecule has 1 saturated carbocycles. The topological polar surface area (TPSA) is 113 Å². The zero-order chi connectivity index (χ0) is 19.7. The summed E-state index contributed by atoms with van der Waals surface area (Å²) in [6, 6.07) is 4.37. The van der Waals surface area contributed by atoms with Crippen molar-refractivity contribution in [2.24, 2.45) is 5.92 Å². The lowest BCUT2D eigenvalue weighted by Crippen LogP contribution is -2.51. The smallest absolute Gasteiger partial charge is 0.305 e. The fourth-order valence-electron chi connectivity index (χ4n) is 2.54. The van der Waals surface area contributed by atoms with Crippen LogP contribution in [0.3, 0.4) is 0 Å². The van der Waals surface area contributed by atoms with Crippen molar-refractivity contribution >= 4 is 21.9 Å². The minimum atomic E-state index is -3.67. The van der Waals surface area contributed by atoms with E-state index in [4.69, 9.17) is 5.11 Å². The summed E-state index contributed by atoms with van der Waals surface area (Å²) >= 11 is 0. The molecule has 1 fully saturated rings. The molecule has 1 aliphatic rings. The first-order valence-electron chi connectivity index (χ1n) is 8.62. The Kier molecular flexibility index (Phi) is 5.77. The summed E-state index contributed by atoms with van der Waals surface area (Å²) in [6.45, 7) is 7.05. The lowest BCUT2D eigenvalue weighted by molar-refractivity contribution is -0.138.